The third-order valence-corrected chi connectivity index (χ3v) is 2.04. The first-order chi connectivity index (χ1) is 7.78. The first-order valence-electron chi connectivity index (χ1n) is 5.46. The smallest absolute Gasteiger partial charge is 0.408 e. The predicted molar refractivity (Wildman–Crippen MR) is 64.8 cm³/mol. The Labute approximate surface area is 100 Å². The summed E-state index contributed by atoms with van der Waals surface area (Å²) in [5, 5.41) is 2.69. The summed E-state index contributed by atoms with van der Waals surface area (Å²) in [7, 11) is 0. The van der Waals surface area contributed by atoms with Gasteiger partial charge in [0.25, 0.3) is 0 Å². The van der Waals surface area contributed by atoms with Gasteiger partial charge in [0.05, 0.1) is 6.04 Å². The van der Waals surface area contributed by atoms with E-state index in [0.717, 1.165) is 5.56 Å². The molecule has 1 aromatic rings. The van der Waals surface area contributed by atoms with Crippen LogP contribution in [0.25, 0.3) is 0 Å². The van der Waals surface area contributed by atoms with Crippen LogP contribution in [0.1, 0.15) is 39.3 Å². The summed E-state index contributed by atoms with van der Waals surface area (Å²) in [6.45, 7) is 7.23. The standard InChI is InChI=1S/C12H18N2O3/c1-8(9-5-6-10(15)13-7-9)14-11(16)17-12(2,3)4/h5-8H,1-4H3,(H,13,15)(H,14,16)/t8-/m0/s1. The van der Waals surface area contributed by atoms with Gasteiger partial charge in [0, 0.05) is 12.3 Å². The molecule has 0 aliphatic carbocycles. The van der Waals surface area contributed by atoms with Gasteiger partial charge >= 0.3 is 6.09 Å². The lowest BCUT2D eigenvalue weighted by molar-refractivity contribution is 0.0508. The molecule has 0 fully saturated rings. The summed E-state index contributed by atoms with van der Waals surface area (Å²) >= 11 is 0. The van der Waals surface area contributed by atoms with Gasteiger partial charge in [-0.1, -0.05) is 6.07 Å². The zero-order chi connectivity index (χ0) is 13.1. The summed E-state index contributed by atoms with van der Waals surface area (Å²) in [6, 6.07) is 2.87. The third-order valence-electron chi connectivity index (χ3n) is 2.04. The van der Waals surface area contributed by atoms with Gasteiger partial charge in [-0.05, 0) is 33.3 Å². The molecular formula is C12H18N2O3. The topological polar surface area (TPSA) is 71.2 Å². The first kappa shape index (κ1) is 13.3. The van der Waals surface area contributed by atoms with Gasteiger partial charge in [0.2, 0.25) is 5.56 Å². The minimum Gasteiger partial charge on any atom is -0.444 e. The number of hydrogen-bond acceptors (Lipinski definition) is 3. The summed E-state index contributed by atoms with van der Waals surface area (Å²) in [5.74, 6) is 0. The lowest BCUT2D eigenvalue weighted by Gasteiger charge is -2.22. The van der Waals surface area contributed by atoms with Crippen LogP contribution in [0.4, 0.5) is 4.79 Å². The van der Waals surface area contributed by atoms with E-state index >= 15 is 0 Å². The number of carbonyl (C=O) groups is 1. The largest absolute Gasteiger partial charge is 0.444 e. The number of H-pyrrole nitrogens is 1. The van der Waals surface area contributed by atoms with E-state index in [1.807, 2.05) is 6.92 Å². The fourth-order valence-electron chi connectivity index (χ4n) is 1.26. The zero-order valence-electron chi connectivity index (χ0n) is 10.5. The highest BCUT2D eigenvalue weighted by molar-refractivity contribution is 5.68. The molecule has 1 rings (SSSR count). The maximum absolute atomic E-state index is 11.5. The van der Waals surface area contributed by atoms with E-state index in [9.17, 15) is 9.59 Å². The molecule has 1 atom stereocenters. The van der Waals surface area contributed by atoms with E-state index in [-0.39, 0.29) is 11.6 Å². The maximum atomic E-state index is 11.5. The molecule has 0 saturated heterocycles. The quantitative estimate of drug-likeness (QED) is 0.827. The van der Waals surface area contributed by atoms with E-state index < -0.39 is 11.7 Å². The number of aromatic nitrogens is 1. The van der Waals surface area contributed by atoms with Gasteiger partial charge in [0.1, 0.15) is 5.60 Å². The van der Waals surface area contributed by atoms with Crippen molar-refractivity contribution in [3.8, 4) is 0 Å². The second-order valence-corrected chi connectivity index (χ2v) is 4.85. The second kappa shape index (κ2) is 5.03. The third kappa shape index (κ3) is 4.72. The van der Waals surface area contributed by atoms with Crippen molar-refractivity contribution in [1.82, 2.24) is 10.3 Å². The molecule has 0 aromatic carbocycles. The van der Waals surface area contributed by atoms with Crippen molar-refractivity contribution in [3.05, 3.63) is 34.2 Å². The number of nitrogens with one attached hydrogen (secondary N) is 2. The van der Waals surface area contributed by atoms with Crippen molar-refractivity contribution in [2.24, 2.45) is 0 Å². The van der Waals surface area contributed by atoms with Crippen LogP contribution in [0.5, 0.6) is 0 Å². The minimum atomic E-state index is -0.519. The van der Waals surface area contributed by atoms with Gasteiger partial charge in [-0.15, -0.1) is 0 Å². The Bertz CT molecular complexity index is 425. The molecule has 2 N–H and O–H groups in total. The lowest BCUT2D eigenvalue weighted by atomic mass is 10.1. The number of alkyl carbamates (subject to hydrolysis) is 1. The van der Waals surface area contributed by atoms with Crippen LogP contribution in [-0.4, -0.2) is 16.7 Å². The van der Waals surface area contributed by atoms with Crippen molar-refractivity contribution < 1.29 is 9.53 Å². The van der Waals surface area contributed by atoms with E-state index in [1.54, 1.807) is 33.0 Å². The van der Waals surface area contributed by atoms with Gasteiger partial charge in [-0.2, -0.15) is 0 Å². The Hall–Kier alpha value is -1.78. The van der Waals surface area contributed by atoms with Crippen molar-refractivity contribution in [3.63, 3.8) is 0 Å². The van der Waals surface area contributed by atoms with E-state index in [2.05, 4.69) is 10.3 Å². The Morgan fingerprint density at radius 3 is 2.53 bits per heavy atom. The monoisotopic (exact) mass is 238 g/mol. The molecule has 0 radical (unpaired) electrons. The SMILES string of the molecule is C[C@H](NC(=O)OC(C)(C)C)c1ccc(=O)[nH]c1. The second-order valence-electron chi connectivity index (χ2n) is 4.85. The summed E-state index contributed by atoms with van der Waals surface area (Å²) in [5.41, 5.74) is 0.128. The van der Waals surface area contributed by atoms with Gasteiger partial charge in [-0.3, -0.25) is 4.79 Å². The Balaban J connectivity index is 2.60. The maximum Gasteiger partial charge on any atom is 0.408 e. The van der Waals surface area contributed by atoms with Gasteiger partial charge < -0.3 is 15.0 Å². The molecule has 0 spiro atoms. The molecule has 17 heavy (non-hydrogen) atoms. The van der Waals surface area contributed by atoms with Crippen molar-refractivity contribution in [1.29, 1.82) is 0 Å². The van der Waals surface area contributed by atoms with Crippen molar-refractivity contribution >= 4 is 6.09 Å². The van der Waals surface area contributed by atoms with Crippen LogP contribution >= 0.6 is 0 Å². The van der Waals surface area contributed by atoms with E-state index in [0.29, 0.717) is 0 Å². The van der Waals surface area contributed by atoms with Gasteiger partial charge in [-0.25, -0.2) is 4.79 Å². The Morgan fingerprint density at radius 1 is 1.41 bits per heavy atom. The first-order valence-corrected chi connectivity index (χ1v) is 5.46. The summed E-state index contributed by atoms with van der Waals surface area (Å²) in [6.07, 6.45) is 1.10. The highest BCUT2D eigenvalue weighted by Gasteiger charge is 2.18. The number of amides is 1. The molecule has 0 bridgehead atoms. The molecule has 5 heteroatoms. The molecule has 5 nitrogen and oxygen atoms in total. The van der Waals surface area contributed by atoms with E-state index in [1.165, 1.54) is 6.07 Å². The number of rotatable bonds is 2. The zero-order valence-corrected chi connectivity index (χ0v) is 10.5. The summed E-state index contributed by atoms with van der Waals surface area (Å²) in [4.78, 5) is 24.9. The highest BCUT2D eigenvalue weighted by Crippen LogP contribution is 2.11. The lowest BCUT2D eigenvalue weighted by Crippen LogP contribution is -2.34. The van der Waals surface area contributed by atoms with Gasteiger partial charge in [0.15, 0.2) is 0 Å². The number of aromatic amines is 1. The minimum absolute atomic E-state index is 0.168. The predicted octanol–water partition coefficient (Wildman–Crippen LogP) is 1.96. The molecule has 1 heterocycles. The average Bonchev–Trinajstić information content (AvgIpc) is 2.15. The molecule has 0 saturated carbocycles. The van der Waals surface area contributed by atoms with Crippen LogP contribution in [0.15, 0.2) is 23.1 Å². The van der Waals surface area contributed by atoms with Crippen LogP contribution in [0.2, 0.25) is 0 Å². The molecule has 1 aromatic heterocycles. The Morgan fingerprint density at radius 2 is 2.06 bits per heavy atom. The van der Waals surface area contributed by atoms with Crippen LogP contribution < -0.4 is 10.9 Å². The molecule has 0 unspecified atom stereocenters. The normalized spacial score (nSPS) is 12.9. The van der Waals surface area contributed by atoms with Crippen molar-refractivity contribution in [2.75, 3.05) is 0 Å². The molecule has 0 aliphatic heterocycles. The average molecular weight is 238 g/mol. The molecule has 94 valence electrons. The van der Waals surface area contributed by atoms with Crippen LogP contribution in [-0.2, 0) is 4.74 Å². The molecule has 0 aliphatic rings. The fourth-order valence-corrected chi connectivity index (χ4v) is 1.26. The van der Waals surface area contributed by atoms with Crippen molar-refractivity contribution in [2.45, 2.75) is 39.3 Å². The number of carbonyl (C=O) groups excluding carboxylic acids is 1. The van der Waals surface area contributed by atoms with E-state index in [4.69, 9.17) is 4.74 Å². The van der Waals surface area contributed by atoms with Crippen LogP contribution in [0, 0.1) is 0 Å². The number of pyridine rings is 1. The van der Waals surface area contributed by atoms with Crippen LogP contribution in [0.3, 0.4) is 0 Å². The molecule has 1 amide bonds. The fraction of sp³-hybridized carbons (Fsp3) is 0.500. The summed E-state index contributed by atoms with van der Waals surface area (Å²) < 4.78 is 5.13. The molecular weight excluding hydrogens is 220 g/mol. The number of ether oxygens (including phenoxy) is 1. The Kier molecular flexibility index (Phi) is 3.93. The highest BCUT2D eigenvalue weighted by atomic mass is 16.6. The number of hydrogen-bond donors (Lipinski definition) is 2.